The lowest BCUT2D eigenvalue weighted by Gasteiger charge is -2.08. The second-order valence-corrected chi connectivity index (χ2v) is 4.18. The van der Waals surface area contributed by atoms with E-state index in [1.54, 1.807) is 7.11 Å². The third kappa shape index (κ3) is 4.47. The van der Waals surface area contributed by atoms with Gasteiger partial charge in [-0.3, -0.25) is 4.79 Å². The summed E-state index contributed by atoms with van der Waals surface area (Å²) in [5.41, 5.74) is 2.09. The second-order valence-electron chi connectivity index (χ2n) is 4.18. The smallest absolute Gasteiger partial charge is 0.224 e. The molecule has 1 N–H and O–H groups in total. The highest BCUT2D eigenvalue weighted by molar-refractivity contribution is 5.78. The maximum absolute atomic E-state index is 11.6. The minimum absolute atomic E-state index is 0.0861. The molecule has 1 aromatic rings. The first-order valence-electron chi connectivity index (χ1n) is 6.07. The second kappa shape index (κ2) is 6.94. The van der Waals surface area contributed by atoms with Gasteiger partial charge in [0, 0.05) is 6.54 Å². The number of aryl methyl sites for hydroxylation is 1. The molecule has 0 bridgehead atoms. The van der Waals surface area contributed by atoms with Gasteiger partial charge in [0.05, 0.1) is 13.5 Å². The van der Waals surface area contributed by atoms with E-state index in [-0.39, 0.29) is 5.91 Å². The van der Waals surface area contributed by atoms with Gasteiger partial charge in [0.2, 0.25) is 5.91 Å². The maximum atomic E-state index is 11.6. The van der Waals surface area contributed by atoms with Gasteiger partial charge < -0.3 is 10.1 Å². The lowest BCUT2D eigenvalue weighted by atomic mass is 10.1. The van der Waals surface area contributed by atoms with Crippen molar-refractivity contribution in [1.82, 2.24) is 5.32 Å². The Labute approximate surface area is 103 Å². The van der Waals surface area contributed by atoms with Crippen LogP contribution >= 0.6 is 0 Å². The fourth-order valence-corrected chi connectivity index (χ4v) is 1.70. The third-order valence-electron chi connectivity index (χ3n) is 2.68. The Morgan fingerprint density at radius 3 is 2.76 bits per heavy atom. The molecular weight excluding hydrogens is 214 g/mol. The zero-order valence-electron chi connectivity index (χ0n) is 10.9. The molecule has 1 rings (SSSR count). The van der Waals surface area contributed by atoms with Crippen LogP contribution in [0.25, 0.3) is 0 Å². The molecule has 0 saturated carbocycles. The van der Waals surface area contributed by atoms with Crippen LogP contribution in [-0.2, 0) is 11.2 Å². The Morgan fingerprint density at radius 2 is 2.18 bits per heavy atom. The molecule has 0 atom stereocenters. The number of hydrogen-bond acceptors (Lipinski definition) is 2. The molecule has 0 aliphatic carbocycles. The minimum atomic E-state index is 0.0861. The Bertz CT molecular complexity index is 374. The zero-order chi connectivity index (χ0) is 12.7. The van der Waals surface area contributed by atoms with E-state index in [0.29, 0.717) is 6.42 Å². The van der Waals surface area contributed by atoms with E-state index in [1.165, 1.54) is 0 Å². The van der Waals surface area contributed by atoms with Crippen molar-refractivity contribution in [3.63, 3.8) is 0 Å². The molecule has 3 nitrogen and oxygen atoms in total. The highest BCUT2D eigenvalue weighted by atomic mass is 16.5. The van der Waals surface area contributed by atoms with Crippen LogP contribution in [0.4, 0.5) is 0 Å². The van der Waals surface area contributed by atoms with Crippen LogP contribution < -0.4 is 10.1 Å². The number of carbonyl (C=O) groups excluding carboxylic acids is 1. The summed E-state index contributed by atoms with van der Waals surface area (Å²) in [5.74, 6) is 0.947. The predicted octanol–water partition coefficient (Wildman–Crippen LogP) is 2.46. The summed E-state index contributed by atoms with van der Waals surface area (Å²) in [6, 6.07) is 5.84. The van der Waals surface area contributed by atoms with E-state index >= 15 is 0 Å². The Balaban J connectivity index is 2.51. The summed E-state index contributed by atoms with van der Waals surface area (Å²) in [7, 11) is 1.65. The van der Waals surface area contributed by atoms with Crippen LogP contribution in [0.3, 0.4) is 0 Å². The van der Waals surface area contributed by atoms with Crippen LogP contribution in [0.2, 0.25) is 0 Å². The SMILES string of the molecule is CCCCNC(=O)Cc1ccc(OC)c(C)c1. The molecule has 0 heterocycles. The monoisotopic (exact) mass is 235 g/mol. The number of nitrogens with one attached hydrogen (secondary N) is 1. The standard InChI is InChI=1S/C14H21NO2/c1-4-5-8-15-14(16)10-12-6-7-13(17-3)11(2)9-12/h6-7,9H,4-5,8,10H2,1-3H3,(H,15,16). The summed E-state index contributed by atoms with van der Waals surface area (Å²) in [6.07, 6.45) is 2.57. The third-order valence-corrected chi connectivity index (χ3v) is 2.68. The Morgan fingerprint density at radius 1 is 1.41 bits per heavy atom. The number of benzene rings is 1. The number of methoxy groups -OCH3 is 1. The van der Waals surface area contributed by atoms with E-state index in [9.17, 15) is 4.79 Å². The largest absolute Gasteiger partial charge is 0.496 e. The van der Waals surface area contributed by atoms with Crippen LogP contribution in [0.1, 0.15) is 30.9 Å². The summed E-state index contributed by atoms with van der Waals surface area (Å²) in [5, 5.41) is 2.91. The van der Waals surface area contributed by atoms with Crippen molar-refractivity contribution in [2.24, 2.45) is 0 Å². The van der Waals surface area contributed by atoms with Gasteiger partial charge in [-0.15, -0.1) is 0 Å². The highest BCUT2D eigenvalue weighted by Crippen LogP contribution is 2.18. The van der Waals surface area contributed by atoms with Gasteiger partial charge in [0.1, 0.15) is 5.75 Å². The topological polar surface area (TPSA) is 38.3 Å². The van der Waals surface area contributed by atoms with Crippen LogP contribution in [-0.4, -0.2) is 19.6 Å². The van der Waals surface area contributed by atoms with Crippen LogP contribution in [0, 0.1) is 6.92 Å². The first-order valence-corrected chi connectivity index (χ1v) is 6.07. The lowest BCUT2D eigenvalue weighted by molar-refractivity contribution is -0.120. The average molecular weight is 235 g/mol. The molecule has 0 aromatic heterocycles. The van der Waals surface area contributed by atoms with Crippen molar-refractivity contribution < 1.29 is 9.53 Å². The maximum Gasteiger partial charge on any atom is 0.224 e. The van der Waals surface area contributed by atoms with Crippen molar-refractivity contribution in [1.29, 1.82) is 0 Å². The highest BCUT2D eigenvalue weighted by Gasteiger charge is 2.05. The van der Waals surface area contributed by atoms with Gasteiger partial charge in [0.25, 0.3) is 0 Å². The molecule has 0 saturated heterocycles. The molecule has 94 valence electrons. The number of carbonyl (C=O) groups is 1. The zero-order valence-corrected chi connectivity index (χ0v) is 10.9. The van der Waals surface area contributed by atoms with Crippen molar-refractivity contribution >= 4 is 5.91 Å². The normalized spacial score (nSPS) is 10.1. The number of amides is 1. The number of hydrogen-bond donors (Lipinski definition) is 1. The van der Waals surface area contributed by atoms with Crippen molar-refractivity contribution in [2.75, 3.05) is 13.7 Å². The fourth-order valence-electron chi connectivity index (χ4n) is 1.70. The summed E-state index contributed by atoms with van der Waals surface area (Å²) < 4.78 is 5.18. The fraction of sp³-hybridized carbons (Fsp3) is 0.500. The van der Waals surface area contributed by atoms with E-state index in [0.717, 1.165) is 36.3 Å². The van der Waals surface area contributed by atoms with E-state index < -0.39 is 0 Å². The number of ether oxygens (including phenoxy) is 1. The summed E-state index contributed by atoms with van der Waals surface area (Å²) in [6.45, 7) is 4.86. The summed E-state index contributed by atoms with van der Waals surface area (Å²) >= 11 is 0. The molecule has 0 radical (unpaired) electrons. The molecule has 0 unspecified atom stereocenters. The van der Waals surface area contributed by atoms with Crippen molar-refractivity contribution in [3.05, 3.63) is 29.3 Å². The minimum Gasteiger partial charge on any atom is -0.496 e. The first kappa shape index (κ1) is 13.6. The molecule has 0 aliphatic heterocycles. The molecule has 0 aliphatic rings. The van der Waals surface area contributed by atoms with Gasteiger partial charge in [-0.1, -0.05) is 25.5 Å². The summed E-state index contributed by atoms with van der Waals surface area (Å²) in [4.78, 5) is 11.6. The van der Waals surface area contributed by atoms with Gasteiger partial charge >= 0.3 is 0 Å². The lowest BCUT2D eigenvalue weighted by Crippen LogP contribution is -2.25. The van der Waals surface area contributed by atoms with Crippen LogP contribution in [0.15, 0.2) is 18.2 Å². The van der Waals surface area contributed by atoms with Gasteiger partial charge in [-0.25, -0.2) is 0 Å². The molecule has 1 amide bonds. The molecule has 3 heteroatoms. The average Bonchev–Trinajstić information content (AvgIpc) is 2.29. The first-order chi connectivity index (χ1) is 8.17. The van der Waals surface area contributed by atoms with Gasteiger partial charge in [-0.05, 0) is 30.5 Å². The quantitative estimate of drug-likeness (QED) is 0.769. The van der Waals surface area contributed by atoms with Crippen molar-refractivity contribution in [2.45, 2.75) is 33.1 Å². The van der Waals surface area contributed by atoms with Gasteiger partial charge in [0.15, 0.2) is 0 Å². The van der Waals surface area contributed by atoms with E-state index in [2.05, 4.69) is 12.2 Å². The molecule has 17 heavy (non-hydrogen) atoms. The Kier molecular flexibility index (Phi) is 5.53. The molecule has 0 spiro atoms. The predicted molar refractivity (Wildman–Crippen MR) is 69.4 cm³/mol. The van der Waals surface area contributed by atoms with E-state index in [1.807, 2.05) is 25.1 Å². The van der Waals surface area contributed by atoms with Crippen LogP contribution in [0.5, 0.6) is 5.75 Å². The molecule has 1 aromatic carbocycles. The molecular formula is C14H21NO2. The number of rotatable bonds is 6. The Hall–Kier alpha value is -1.51. The number of unbranched alkanes of at least 4 members (excludes halogenated alkanes) is 1. The van der Waals surface area contributed by atoms with Crippen molar-refractivity contribution in [3.8, 4) is 5.75 Å². The molecule has 0 fully saturated rings. The van der Waals surface area contributed by atoms with Gasteiger partial charge in [-0.2, -0.15) is 0 Å². The van der Waals surface area contributed by atoms with E-state index in [4.69, 9.17) is 4.74 Å².